The number of anilines is 2. The summed E-state index contributed by atoms with van der Waals surface area (Å²) in [5.41, 5.74) is 1.03. The molecular weight excluding hydrogens is 236 g/mol. The van der Waals surface area contributed by atoms with Crippen molar-refractivity contribution < 1.29 is 19.1 Å². The molecule has 6 heteroatoms. The molecule has 0 bridgehead atoms. The van der Waals surface area contributed by atoms with Crippen LogP contribution in [0.5, 0.6) is 0 Å². The molecule has 0 radical (unpaired) electrons. The monoisotopic (exact) mass is 248 g/mol. The Labute approximate surface area is 103 Å². The van der Waals surface area contributed by atoms with E-state index in [-0.39, 0.29) is 6.42 Å². The molecule has 0 fully saturated rings. The lowest BCUT2D eigenvalue weighted by atomic mass is 10.0. The van der Waals surface area contributed by atoms with E-state index in [2.05, 4.69) is 15.4 Å². The van der Waals surface area contributed by atoms with E-state index >= 15 is 0 Å². The van der Waals surface area contributed by atoms with Gasteiger partial charge in [-0.3, -0.25) is 14.4 Å². The smallest absolute Gasteiger partial charge is 0.306 e. The number of nitrogens with one attached hydrogen (secondary N) is 2. The topological polar surface area (TPSA) is 84.5 Å². The molecule has 1 aliphatic heterocycles. The quantitative estimate of drug-likeness (QED) is 0.597. The normalized spacial score (nSPS) is 15.2. The maximum Gasteiger partial charge on any atom is 0.306 e. The molecule has 6 nitrogen and oxygen atoms in total. The number of methoxy groups -OCH3 is 1. The van der Waals surface area contributed by atoms with Crippen molar-refractivity contribution in [1.29, 1.82) is 0 Å². The molecule has 1 aromatic carbocycles. The molecule has 0 atom stereocenters. The zero-order valence-electron chi connectivity index (χ0n) is 9.73. The third-order valence-electron chi connectivity index (χ3n) is 2.67. The molecule has 2 rings (SSSR count). The number of para-hydroxylation sites is 2. The summed E-state index contributed by atoms with van der Waals surface area (Å²) >= 11 is 0. The lowest BCUT2D eigenvalue weighted by Gasteiger charge is -2.09. The van der Waals surface area contributed by atoms with Crippen LogP contribution in [0.1, 0.15) is 6.42 Å². The summed E-state index contributed by atoms with van der Waals surface area (Å²) < 4.78 is 4.47. The fourth-order valence-corrected chi connectivity index (χ4v) is 1.70. The Morgan fingerprint density at radius 2 is 1.67 bits per heavy atom. The predicted octanol–water partition coefficient (Wildman–Crippen LogP) is 0.756. The van der Waals surface area contributed by atoms with Gasteiger partial charge >= 0.3 is 5.97 Å². The van der Waals surface area contributed by atoms with Crippen LogP contribution in [-0.2, 0) is 19.1 Å². The van der Waals surface area contributed by atoms with Crippen LogP contribution in [0, 0.1) is 5.92 Å². The molecule has 94 valence electrons. The highest BCUT2D eigenvalue weighted by molar-refractivity contribution is 6.16. The lowest BCUT2D eigenvalue weighted by molar-refractivity contribution is -0.145. The Hall–Kier alpha value is -2.37. The van der Waals surface area contributed by atoms with Crippen LogP contribution in [0.15, 0.2) is 24.3 Å². The first-order chi connectivity index (χ1) is 8.61. The molecule has 0 aliphatic carbocycles. The lowest BCUT2D eigenvalue weighted by Crippen LogP contribution is -2.33. The van der Waals surface area contributed by atoms with Gasteiger partial charge in [0.05, 0.1) is 24.9 Å². The van der Waals surface area contributed by atoms with Crippen LogP contribution in [0.3, 0.4) is 0 Å². The van der Waals surface area contributed by atoms with Crippen LogP contribution in [0.25, 0.3) is 0 Å². The van der Waals surface area contributed by atoms with E-state index in [4.69, 9.17) is 0 Å². The SMILES string of the molecule is COC(=O)CC1C(=O)Nc2ccccc2NC1=O. The number of hydrogen-bond acceptors (Lipinski definition) is 4. The zero-order chi connectivity index (χ0) is 13.1. The first-order valence-electron chi connectivity index (χ1n) is 5.39. The van der Waals surface area contributed by atoms with Crippen molar-refractivity contribution in [2.75, 3.05) is 17.7 Å². The molecule has 0 aromatic heterocycles. The number of ether oxygens (including phenoxy) is 1. The van der Waals surface area contributed by atoms with Gasteiger partial charge in [-0.15, -0.1) is 0 Å². The summed E-state index contributed by atoms with van der Waals surface area (Å²) in [5, 5.41) is 5.20. The average Bonchev–Trinajstić information content (AvgIpc) is 2.47. The van der Waals surface area contributed by atoms with E-state index in [1.54, 1.807) is 24.3 Å². The number of esters is 1. The van der Waals surface area contributed by atoms with Gasteiger partial charge in [-0.2, -0.15) is 0 Å². The fraction of sp³-hybridized carbons (Fsp3) is 0.250. The van der Waals surface area contributed by atoms with Crippen molar-refractivity contribution in [3.8, 4) is 0 Å². The largest absolute Gasteiger partial charge is 0.469 e. The summed E-state index contributed by atoms with van der Waals surface area (Å²) in [7, 11) is 1.21. The van der Waals surface area contributed by atoms with Crippen LogP contribution in [0.2, 0.25) is 0 Å². The summed E-state index contributed by atoms with van der Waals surface area (Å²) in [4.78, 5) is 34.9. The molecule has 0 unspecified atom stereocenters. The van der Waals surface area contributed by atoms with Crippen LogP contribution in [0.4, 0.5) is 11.4 Å². The molecule has 0 saturated carbocycles. The number of hydrogen-bond donors (Lipinski definition) is 2. The number of carbonyl (C=O) groups excluding carboxylic acids is 3. The van der Waals surface area contributed by atoms with E-state index in [0.717, 1.165) is 0 Å². The van der Waals surface area contributed by atoms with Crippen LogP contribution >= 0.6 is 0 Å². The summed E-state index contributed by atoms with van der Waals surface area (Å²) in [6.45, 7) is 0. The van der Waals surface area contributed by atoms with Crippen molar-refractivity contribution in [1.82, 2.24) is 0 Å². The second-order valence-electron chi connectivity index (χ2n) is 3.86. The number of carbonyl (C=O) groups is 3. The minimum absolute atomic E-state index is 0.276. The molecule has 1 aromatic rings. The third-order valence-corrected chi connectivity index (χ3v) is 2.67. The molecule has 1 aliphatic rings. The maximum atomic E-state index is 11.9. The van der Waals surface area contributed by atoms with E-state index in [0.29, 0.717) is 11.4 Å². The van der Waals surface area contributed by atoms with E-state index in [9.17, 15) is 14.4 Å². The predicted molar refractivity (Wildman–Crippen MR) is 63.8 cm³/mol. The van der Waals surface area contributed by atoms with E-state index < -0.39 is 23.7 Å². The highest BCUT2D eigenvalue weighted by Crippen LogP contribution is 2.26. The minimum Gasteiger partial charge on any atom is -0.469 e. The Morgan fingerprint density at radius 1 is 1.17 bits per heavy atom. The molecule has 18 heavy (non-hydrogen) atoms. The maximum absolute atomic E-state index is 11.9. The molecule has 2 amide bonds. The summed E-state index contributed by atoms with van der Waals surface area (Å²) in [5.74, 6) is -2.70. The van der Waals surface area contributed by atoms with Crippen molar-refractivity contribution in [3.05, 3.63) is 24.3 Å². The van der Waals surface area contributed by atoms with Gasteiger partial charge < -0.3 is 15.4 Å². The van der Waals surface area contributed by atoms with Gasteiger partial charge in [0.1, 0.15) is 5.92 Å². The van der Waals surface area contributed by atoms with Crippen molar-refractivity contribution >= 4 is 29.2 Å². The highest BCUT2D eigenvalue weighted by atomic mass is 16.5. The number of benzene rings is 1. The molecule has 2 N–H and O–H groups in total. The Morgan fingerprint density at radius 3 is 2.11 bits per heavy atom. The highest BCUT2D eigenvalue weighted by Gasteiger charge is 2.32. The first-order valence-corrected chi connectivity index (χ1v) is 5.39. The standard InChI is InChI=1S/C12H12N2O4/c1-18-10(15)6-7-11(16)13-8-4-2-3-5-9(8)14-12(7)17/h2-5,7H,6H2,1H3,(H,13,16)(H,14,17). The van der Waals surface area contributed by atoms with Gasteiger partial charge in [-0.1, -0.05) is 12.1 Å². The Balaban J connectivity index is 2.25. The van der Waals surface area contributed by atoms with Gasteiger partial charge in [0.15, 0.2) is 0 Å². The molecule has 0 spiro atoms. The van der Waals surface area contributed by atoms with E-state index in [1.165, 1.54) is 7.11 Å². The summed E-state index contributed by atoms with van der Waals surface area (Å²) in [6, 6.07) is 6.83. The molecule has 1 heterocycles. The average molecular weight is 248 g/mol. The summed E-state index contributed by atoms with van der Waals surface area (Å²) in [6.07, 6.45) is -0.276. The Bertz CT molecular complexity index is 476. The first kappa shape index (κ1) is 12.1. The Kier molecular flexibility index (Phi) is 3.27. The van der Waals surface area contributed by atoms with Gasteiger partial charge in [-0.25, -0.2) is 0 Å². The minimum atomic E-state index is -1.08. The third kappa shape index (κ3) is 2.32. The van der Waals surface area contributed by atoms with Crippen molar-refractivity contribution in [3.63, 3.8) is 0 Å². The van der Waals surface area contributed by atoms with Crippen LogP contribution in [-0.4, -0.2) is 24.9 Å². The van der Waals surface area contributed by atoms with Gasteiger partial charge in [-0.05, 0) is 12.1 Å². The zero-order valence-corrected chi connectivity index (χ0v) is 9.73. The second kappa shape index (κ2) is 4.87. The number of fused-ring (bicyclic) bond motifs is 1. The fourth-order valence-electron chi connectivity index (χ4n) is 1.70. The van der Waals surface area contributed by atoms with Crippen LogP contribution < -0.4 is 10.6 Å². The molecule has 0 saturated heterocycles. The molecular formula is C12H12N2O4. The van der Waals surface area contributed by atoms with Gasteiger partial charge in [0.2, 0.25) is 11.8 Å². The number of rotatable bonds is 2. The second-order valence-corrected chi connectivity index (χ2v) is 3.86. The van der Waals surface area contributed by atoms with Gasteiger partial charge in [0.25, 0.3) is 0 Å². The van der Waals surface area contributed by atoms with Crippen molar-refractivity contribution in [2.45, 2.75) is 6.42 Å². The number of amides is 2. The van der Waals surface area contributed by atoms with Gasteiger partial charge in [0, 0.05) is 0 Å². The van der Waals surface area contributed by atoms with Crippen molar-refractivity contribution in [2.24, 2.45) is 5.92 Å². The van der Waals surface area contributed by atoms with E-state index in [1.807, 2.05) is 0 Å².